The maximum absolute atomic E-state index is 13.9. The first-order valence-corrected chi connectivity index (χ1v) is 12.7. The van der Waals surface area contributed by atoms with Gasteiger partial charge in [0.1, 0.15) is 11.1 Å². The molecule has 5 rings (SSSR count). The molecule has 1 aliphatic carbocycles. The standard InChI is InChI=1S/C25H30ClF3N2O4/c1-14-13-31(9-10-34-14)22(32)16-5-7-30(8-6-16)23(33)24(2)21(26)18-11-17(15-3-4-15)12-19(20(18)35-24)25(27,28)29/h11-12,14-16,21H,3-10,13H2,1-2H3. The topological polar surface area (TPSA) is 59.1 Å². The molecule has 192 valence electrons. The van der Waals surface area contributed by atoms with E-state index < -0.39 is 28.6 Å². The lowest BCUT2D eigenvalue weighted by atomic mass is 9.91. The number of hydrogen-bond donors (Lipinski definition) is 0. The number of amides is 2. The van der Waals surface area contributed by atoms with Crippen LogP contribution in [-0.4, -0.2) is 66.1 Å². The summed E-state index contributed by atoms with van der Waals surface area (Å²) >= 11 is 6.67. The molecule has 1 aromatic rings. The van der Waals surface area contributed by atoms with E-state index in [0.717, 1.165) is 18.9 Å². The predicted molar refractivity (Wildman–Crippen MR) is 122 cm³/mol. The van der Waals surface area contributed by atoms with Gasteiger partial charge in [0.05, 0.1) is 18.3 Å². The van der Waals surface area contributed by atoms with Crippen LogP contribution in [0.25, 0.3) is 0 Å². The summed E-state index contributed by atoms with van der Waals surface area (Å²) in [6, 6.07) is 2.81. The van der Waals surface area contributed by atoms with Crippen molar-refractivity contribution in [2.45, 2.75) is 68.7 Å². The van der Waals surface area contributed by atoms with Gasteiger partial charge < -0.3 is 19.3 Å². The number of carbonyl (C=O) groups is 2. The molecule has 2 saturated heterocycles. The number of carbonyl (C=O) groups excluding carboxylic acids is 2. The largest absolute Gasteiger partial charge is 0.475 e. The fraction of sp³-hybridized carbons (Fsp3) is 0.680. The third kappa shape index (κ3) is 4.50. The second kappa shape index (κ2) is 8.83. The van der Waals surface area contributed by atoms with Crippen molar-refractivity contribution in [1.29, 1.82) is 0 Å². The lowest BCUT2D eigenvalue weighted by Gasteiger charge is -2.39. The highest BCUT2D eigenvalue weighted by molar-refractivity contribution is 6.24. The molecule has 0 spiro atoms. The van der Waals surface area contributed by atoms with E-state index >= 15 is 0 Å². The van der Waals surface area contributed by atoms with Gasteiger partial charge in [-0.25, -0.2) is 0 Å². The number of benzene rings is 1. The van der Waals surface area contributed by atoms with Gasteiger partial charge in [-0.1, -0.05) is 6.07 Å². The summed E-state index contributed by atoms with van der Waals surface area (Å²) in [5.41, 5.74) is -1.70. The van der Waals surface area contributed by atoms with Crippen LogP contribution in [0, 0.1) is 5.92 Å². The number of ether oxygens (including phenoxy) is 2. The molecule has 3 aliphatic heterocycles. The smallest absolute Gasteiger partial charge is 0.419 e. The first kappa shape index (κ1) is 24.7. The van der Waals surface area contributed by atoms with Crippen molar-refractivity contribution in [3.63, 3.8) is 0 Å². The van der Waals surface area contributed by atoms with Crippen molar-refractivity contribution in [3.05, 3.63) is 28.8 Å². The highest BCUT2D eigenvalue weighted by atomic mass is 35.5. The zero-order valence-electron chi connectivity index (χ0n) is 19.9. The first-order chi connectivity index (χ1) is 16.5. The Hall–Kier alpha value is -2.00. The lowest BCUT2D eigenvalue weighted by molar-refractivity contribution is -0.152. The minimum atomic E-state index is -4.62. The van der Waals surface area contributed by atoms with Crippen LogP contribution in [-0.2, 0) is 20.5 Å². The van der Waals surface area contributed by atoms with Crippen LogP contribution in [0.4, 0.5) is 13.2 Å². The van der Waals surface area contributed by atoms with Crippen LogP contribution in [0.1, 0.15) is 67.5 Å². The number of nitrogens with zero attached hydrogens (tertiary/aromatic N) is 2. The molecular weight excluding hydrogens is 485 g/mol. The highest BCUT2D eigenvalue weighted by Crippen LogP contribution is 2.55. The van der Waals surface area contributed by atoms with E-state index in [1.165, 1.54) is 6.92 Å². The Balaban J connectivity index is 1.30. The van der Waals surface area contributed by atoms with Crippen LogP contribution in [0.2, 0.25) is 0 Å². The van der Waals surface area contributed by atoms with Gasteiger partial charge in [-0.3, -0.25) is 9.59 Å². The normalized spacial score (nSPS) is 29.7. The molecule has 35 heavy (non-hydrogen) atoms. The number of hydrogen-bond acceptors (Lipinski definition) is 4. The number of halogens is 4. The predicted octanol–water partition coefficient (Wildman–Crippen LogP) is 4.50. The molecule has 3 unspecified atom stereocenters. The van der Waals surface area contributed by atoms with Crippen LogP contribution in [0.15, 0.2) is 12.1 Å². The van der Waals surface area contributed by atoms with E-state index in [4.69, 9.17) is 21.1 Å². The minimum Gasteiger partial charge on any atom is -0.475 e. The first-order valence-electron chi connectivity index (χ1n) is 12.3. The Kier molecular flexibility index (Phi) is 6.23. The molecule has 3 fully saturated rings. The molecule has 0 N–H and O–H groups in total. The summed E-state index contributed by atoms with van der Waals surface area (Å²) in [6.45, 7) is 5.68. The zero-order chi connectivity index (χ0) is 25.1. The second-order valence-electron chi connectivity index (χ2n) is 10.4. The quantitative estimate of drug-likeness (QED) is 0.557. The van der Waals surface area contributed by atoms with Crippen molar-refractivity contribution >= 4 is 23.4 Å². The van der Waals surface area contributed by atoms with Crippen molar-refractivity contribution in [3.8, 4) is 5.75 Å². The number of alkyl halides is 4. The molecule has 3 heterocycles. The molecule has 3 atom stereocenters. The van der Waals surface area contributed by atoms with E-state index in [2.05, 4.69) is 0 Å². The molecule has 0 bridgehead atoms. The summed E-state index contributed by atoms with van der Waals surface area (Å²) in [5.74, 6) is -0.812. The molecule has 0 radical (unpaired) electrons. The van der Waals surface area contributed by atoms with Crippen molar-refractivity contribution in [1.82, 2.24) is 9.80 Å². The number of piperidine rings is 1. The zero-order valence-corrected chi connectivity index (χ0v) is 20.6. The molecular formula is C25H30ClF3N2O4. The molecule has 1 saturated carbocycles. The second-order valence-corrected chi connectivity index (χ2v) is 10.8. The summed E-state index contributed by atoms with van der Waals surface area (Å²) in [6.07, 6.45) is -1.94. The number of likely N-dealkylation sites (tertiary alicyclic amines) is 1. The monoisotopic (exact) mass is 514 g/mol. The number of rotatable bonds is 3. The molecule has 1 aromatic carbocycles. The summed E-state index contributed by atoms with van der Waals surface area (Å²) in [4.78, 5) is 29.9. The maximum atomic E-state index is 13.9. The minimum absolute atomic E-state index is 0.00172. The van der Waals surface area contributed by atoms with Crippen LogP contribution in [0.5, 0.6) is 5.75 Å². The van der Waals surface area contributed by atoms with Crippen molar-refractivity contribution < 1.29 is 32.2 Å². The number of fused-ring (bicyclic) bond motifs is 1. The van der Waals surface area contributed by atoms with E-state index in [-0.39, 0.29) is 35.2 Å². The third-order valence-electron chi connectivity index (χ3n) is 7.67. The maximum Gasteiger partial charge on any atom is 0.419 e. The van der Waals surface area contributed by atoms with E-state index in [1.807, 2.05) is 11.8 Å². The Labute approximate surface area is 207 Å². The van der Waals surface area contributed by atoms with Crippen LogP contribution >= 0.6 is 11.6 Å². The van der Waals surface area contributed by atoms with E-state index in [9.17, 15) is 22.8 Å². The Morgan fingerprint density at radius 1 is 1.09 bits per heavy atom. The van der Waals surface area contributed by atoms with Crippen LogP contribution in [0.3, 0.4) is 0 Å². The Morgan fingerprint density at radius 3 is 2.37 bits per heavy atom. The molecule has 4 aliphatic rings. The summed E-state index contributed by atoms with van der Waals surface area (Å²) in [5, 5.41) is -1.04. The Bertz CT molecular complexity index is 1020. The van der Waals surface area contributed by atoms with Gasteiger partial charge in [0.15, 0.2) is 0 Å². The van der Waals surface area contributed by atoms with Crippen LogP contribution < -0.4 is 4.74 Å². The van der Waals surface area contributed by atoms with Gasteiger partial charge in [0, 0.05) is 37.7 Å². The van der Waals surface area contributed by atoms with Gasteiger partial charge in [-0.05, 0) is 57.1 Å². The lowest BCUT2D eigenvalue weighted by Crippen LogP contribution is -2.54. The number of morpholine rings is 1. The van der Waals surface area contributed by atoms with E-state index in [0.29, 0.717) is 51.2 Å². The fourth-order valence-electron chi connectivity index (χ4n) is 5.47. The SMILES string of the molecule is CC1CN(C(=O)C2CCN(C(=O)C3(C)Oc4c(cc(C5CC5)cc4C(F)(F)F)C3Cl)CC2)CCO1. The molecule has 10 heteroatoms. The van der Waals surface area contributed by atoms with Gasteiger partial charge in [0.25, 0.3) is 5.91 Å². The average Bonchev–Trinajstić information content (AvgIpc) is 3.64. The van der Waals surface area contributed by atoms with Gasteiger partial charge >= 0.3 is 6.18 Å². The summed E-state index contributed by atoms with van der Waals surface area (Å²) < 4.78 is 52.9. The van der Waals surface area contributed by atoms with Gasteiger partial charge in [0.2, 0.25) is 11.5 Å². The summed E-state index contributed by atoms with van der Waals surface area (Å²) in [7, 11) is 0. The Morgan fingerprint density at radius 2 is 1.77 bits per heavy atom. The molecule has 2 amide bonds. The molecule has 0 aromatic heterocycles. The van der Waals surface area contributed by atoms with E-state index in [1.54, 1.807) is 11.0 Å². The van der Waals surface area contributed by atoms with Gasteiger partial charge in [-0.2, -0.15) is 13.2 Å². The van der Waals surface area contributed by atoms with Gasteiger partial charge in [-0.15, -0.1) is 11.6 Å². The third-order valence-corrected chi connectivity index (χ3v) is 8.33. The highest BCUT2D eigenvalue weighted by Gasteiger charge is 2.55. The van der Waals surface area contributed by atoms with Crippen molar-refractivity contribution in [2.24, 2.45) is 5.92 Å². The fourth-order valence-corrected chi connectivity index (χ4v) is 5.77. The average molecular weight is 515 g/mol. The molecule has 6 nitrogen and oxygen atoms in total. The van der Waals surface area contributed by atoms with Crippen molar-refractivity contribution in [2.75, 3.05) is 32.8 Å².